The number of rotatable bonds is 9. The molecule has 0 bridgehead atoms. The number of anilines is 1. The van der Waals surface area contributed by atoms with Crippen molar-refractivity contribution in [3.8, 4) is 11.5 Å². The number of methoxy groups -OCH3 is 2. The van der Waals surface area contributed by atoms with E-state index < -0.39 is 11.9 Å². The molecule has 0 unspecified atom stereocenters. The maximum atomic E-state index is 12.5. The third-order valence-electron chi connectivity index (χ3n) is 4.95. The van der Waals surface area contributed by atoms with Gasteiger partial charge in [0.1, 0.15) is 0 Å². The number of carbonyl (C=O) groups is 2. The van der Waals surface area contributed by atoms with Gasteiger partial charge in [0.25, 0.3) is 0 Å². The van der Waals surface area contributed by atoms with Crippen molar-refractivity contribution in [2.24, 2.45) is 0 Å². The minimum absolute atomic E-state index is 0.0429. The monoisotopic (exact) mass is 431 g/mol. The smallest absolute Gasteiger partial charge is 0.337 e. The highest BCUT2D eigenvalue weighted by Gasteiger charge is 2.13. The molecule has 0 aliphatic carbocycles. The SMILES string of the molecule is COc1ccc(C=CC(=O)Nc2cc(CCc3ccccc3)ccc2C(=O)O)cc1OC. The average Bonchev–Trinajstić information content (AvgIpc) is 2.81. The van der Waals surface area contributed by atoms with Gasteiger partial charge in [0, 0.05) is 6.08 Å². The molecule has 0 saturated heterocycles. The Morgan fingerprint density at radius 1 is 0.875 bits per heavy atom. The van der Waals surface area contributed by atoms with E-state index in [1.807, 2.05) is 30.3 Å². The van der Waals surface area contributed by atoms with Crippen molar-refractivity contribution in [2.75, 3.05) is 19.5 Å². The van der Waals surface area contributed by atoms with Crippen LogP contribution in [0.4, 0.5) is 5.69 Å². The predicted molar refractivity (Wildman–Crippen MR) is 124 cm³/mol. The Morgan fingerprint density at radius 2 is 1.59 bits per heavy atom. The van der Waals surface area contributed by atoms with Crippen molar-refractivity contribution < 1.29 is 24.2 Å². The van der Waals surface area contributed by atoms with E-state index in [4.69, 9.17) is 9.47 Å². The number of carboxylic acid groups (broad SMARTS) is 1. The van der Waals surface area contributed by atoms with Crippen LogP contribution in [0.5, 0.6) is 11.5 Å². The number of ether oxygens (including phenoxy) is 2. The third kappa shape index (κ3) is 5.98. The summed E-state index contributed by atoms with van der Waals surface area (Å²) in [5, 5.41) is 12.2. The Morgan fingerprint density at radius 3 is 2.28 bits per heavy atom. The normalized spacial score (nSPS) is 10.7. The van der Waals surface area contributed by atoms with E-state index in [1.54, 1.807) is 43.5 Å². The maximum Gasteiger partial charge on any atom is 0.337 e. The molecule has 1 amide bonds. The molecule has 164 valence electrons. The van der Waals surface area contributed by atoms with Gasteiger partial charge in [-0.2, -0.15) is 0 Å². The van der Waals surface area contributed by atoms with E-state index >= 15 is 0 Å². The second-order valence-electron chi connectivity index (χ2n) is 7.11. The zero-order chi connectivity index (χ0) is 22.9. The lowest BCUT2D eigenvalue weighted by atomic mass is 10.0. The van der Waals surface area contributed by atoms with Gasteiger partial charge in [-0.1, -0.05) is 42.5 Å². The summed E-state index contributed by atoms with van der Waals surface area (Å²) < 4.78 is 10.5. The van der Waals surface area contributed by atoms with Crippen LogP contribution in [0.15, 0.2) is 72.8 Å². The Balaban J connectivity index is 1.73. The maximum absolute atomic E-state index is 12.5. The molecule has 0 radical (unpaired) electrons. The van der Waals surface area contributed by atoms with Crippen molar-refractivity contribution in [3.63, 3.8) is 0 Å². The first-order chi connectivity index (χ1) is 15.5. The van der Waals surface area contributed by atoms with Crippen LogP contribution in [0.2, 0.25) is 0 Å². The zero-order valence-corrected chi connectivity index (χ0v) is 18.0. The molecule has 3 aromatic rings. The molecule has 0 aromatic heterocycles. The number of carbonyl (C=O) groups excluding carboxylic acids is 1. The van der Waals surface area contributed by atoms with Crippen LogP contribution in [-0.4, -0.2) is 31.2 Å². The standard InChI is InChI=1S/C26H25NO5/c1-31-23-14-11-20(17-24(23)32-2)12-15-25(28)27-22-16-19(10-13-21(22)26(29)30)9-8-18-6-4-3-5-7-18/h3-7,10-17H,8-9H2,1-2H3,(H,27,28)(H,29,30). The molecular formula is C26H25NO5. The number of hydrogen-bond donors (Lipinski definition) is 2. The number of aryl methyl sites for hydroxylation is 2. The summed E-state index contributed by atoms with van der Waals surface area (Å²) in [4.78, 5) is 24.1. The molecule has 0 aliphatic rings. The number of aromatic carboxylic acids is 1. The molecule has 0 aliphatic heterocycles. The minimum Gasteiger partial charge on any atom is -0.493 e. The fourth-order valence-electron chi connectivity index (χ4n) is 3.27. The molecule has 3 rings (SSSR count). The highest BCUT2D eigenvalue weighted by atomic mass is 16.5. The van der Waals surface area contributed by atoms with Crippen molar-refractivity contribution in [1.29, 1.82) is 0 Å². The number of carboxylic acids is 1. The lowest BCUT2D eigenvalue weighted by Gasteiger charge is -2.10. The summed E-state index contributed by atoms with van der Waals surface area (Å²) in [6, 6.07) is 20.3. The van der Waals surface area contributed by atoms with Crippen molar-refractivity contribution in [2.45, 2.75) is 12.8 Å². The van der Waals surface area contributed by atoms with Gasteiger partial charge in [-0.3, -0.25) is 4.79 Å². The molecule has 0 heterocycles. The first-order valence-electron chi connectivity index (χ1n) is 10.1. The fraction of sp³-hybridized carbons (Fsp3) is 0.154. The number of benzene rings is 3. The highest BCUT2D eigenvalue weighted by Crippen LogP contribution is 2.28. The van der Waals surface area contributed by atoms with Crippen LogP contribution in [-0.2, 0) is 17.6 Å². The van der Waals surface area contributed by atoms with Crippen LogP contribution >= 0.6 is 0 Å². The third-order valence-corrected chi connectivity index (χ3v) is 4.95. The van der Waals surface area contributed by atoms with Crippen LogP contribution in [0, 0.1) is 0 Å². The lowest BCUT2D eigenvalue weighted by molar-refractivity contribution is -0.111. The Bertz CT molecular complexity index is 1120. The van der Waals surface area contributed by atoms with E-state index in [-0.39, 0.29) is 11.3 Å². The molecule has 0 atom stereocenters. The Labute approximate surface area is 187 Å². The lowest BCUT2D eigenvalue weighted by Crippen LogP contribution is -2.12. The van der Waals surface area contributed by atoms with Crippen LogP contribution in [0.3, 0.4) is 0 Å². The van der Waals surface area contributed by atoms with Crippen molar-refractivity contribution >= 4 is 23.6 Å². The van der Waals surface area contributed by atoms with Gasteiger partial charge in [0.15, 0.2) is 11.5 Å². The van der Waals surface area contributed by atoms with Gasteiger partial charge in [0.05, 0.1) is 25.5 Å². The average molecular weight is 431 g/mol. The second kappa shape index (κ2) is 10.8. The summed E-state index contributed by atoms with van der Waals surface area (Å²) in [7, 11) is 3.09. The van der Waals surface area contributed by atoms with E-state index in [0.29, 0.717) is 11.5 Å². The highest BCUT2D eigenvalue weighted by molar-refractivity contribution is 6.06. The first-order valence-corrected chi connectivity index (χ1v) is 10.1. The number of hydrogen-bond acceptors (Lipinski definition) is 4. The van der Waals surface area contributed by atoms with E-state index in [2.05, 4.69) is 5.32 Å². The molecule has 3 aromatic carbocycles. The van der Waals surface area contributed by atoms with Gasteiger partial charge < -0.3 is 19.9 Å². The molecule has 0 fully saturated rings. The van der Waals surface area contributed by atoms with Gasteiger partial charge >= 0.3 is 5.97 Å². The van der Waals surface area contributed by atoms with E-state index in [1.165, 1.54) is 24.8 Å². The number of nitrogens with one attached hydrogen (secondary N) is 1. The summed E-state index contributed by atoms with van der Waals surface area (Å²) in [6.07, 6.45) is 4.52. The van der Waals surface area contributed by atoms with Gasteiger partial charge in [0.2, 0.25) is 5.91 Å². The van der Waals surface area contributed by atoms with E-state index in [0.717, 1.165) is 24.0 Å². The molecule has 2 N–H and O–H groups in total. The Kier molecular flexibility index (Phi) is 7.65. The van der Waals surface area contributed by atoms with Crippen LogP contribution in [0.1, 0.15) is 27.0 Å². The number of amides is 1. The topological polar surface area (TPSA) is 84.9 Å². The quantitative estimate of drug-likeness (QED) is 0.474. The van der Waals surface area contributed by atoms with E-state index in [9.17, 15) is 14.7 Å². The summed E-state index contributed by atoms with van der Waals surface area (Å²) in [5.74, 6) is -0.386. The van der Waals surface area contributed by atoms with Crippen LogP contribution in [0.25, 0.3) is 6.08 Å². The minimum atomic E-state index is -1.10. The molecular weight excluding hydrogens is 406 g/mol. The summed E-state index contributed by atoms with van der Waals surface area (Å²) in [5.41, 5.74) is 3.19. The van der Waals surface area contributed by atoms with Gasteiger partial charge in [-0.15, -0.1) is 0 Å². The first kappa shape index (κ1) is 22.6. The largest absolute Gasteiger partial charge is 0.493 e. The van der Waals surface area contributed by atoms with Gasteiger partial charge in [-0.05, 0) is 59.9 Å². The van der Waals surface area contributed by atoms with Gasteiger partial charge in [-0.25, -0.2) is 4.79 Å². The molecule has 6 heteroatoms. The summed E-state index contributed by atoms with van der Waals surface area (Å²) in [6.45, 7) is 0. The zero-order valence-electron chi connectivity index (χ0n) is 18.0. The van der Waals surface area contributed by atoms with Crippen molar-refractivity contribution in [3.05, 3.63) is 95.1 Å². The predicted octanol–water partition coefficient (Wildman–Crippen LogP) is 4.84. The summed E-state index contributed by atoms with van der Waals surface area (Å²) >= 11 is 0. The molecule has 32 heavy (non-hydrogen) atoms. The van der Waals surface area contributed by atoms with Crippen molar-refractivity contribution in [1.82, 2.24) is 0 Å². The fourth-order valence-corrected chi connectivity index (χ4v) is 3.27. The molecule has 0 spiro atoms. The van der Waals surface area contributed by atoms with Crippen LogP contribution < -0.4 is 14.8 Å². The molecule has 0 saturated carbocycles. The Hall–Kier alpha value is -4.06. The second-order valence-corrected chi connectivity index (χ2v) is 7.11. The molecule has 6 nitrogen and oxygen atoms in total.